The molecule has 4 rings (SSSR count). The Balaban J connectivity index is 1.30. The van der Waals surface area contributed by atoms with Gasteiger partial charge >= 0.3 is 0 Å². The first-order chi connectivity index (χ1) is 16.0. The molecule has 1 aromatic heterocycles. The molecular formula is C25H22FN3O4. The number of carbonyl (C=O) groups is 1. The molecule has 7 nitrogen and oxygen atoms in total. The zero-order valence-electron chi connectivity index (χ0n) is 18.2. The summed E-state index contributed by atoms with van der Waals surface area (Å²) in [6.45, 7) is 1.68. The molecule has 0 radical (unpaired) electrons. The van der Waals surface area contributed by atoms with E-state index in [4.69, 9.17) is 14.0 Å². The summed E-state index contributed by atoms with van der Waals surface area (Å²) in [5, 5.41) is 6.69. The minimum Gasteiger partial charge on any atom is -0.493 e. The number of rotatable bonds is 8. The number of para-hydroxylation sites is 2. The molecule has 1 N–H and O–H groups in total. The van der Waals surface area contributed by atoms with Gasteiger partial charge in [0.25, 0.3) is 0 Å². The Labute approximate surface area is 190 Å². The SMILES string of the molecule is COc1ccccc1Oc1ccc(NC(=O)CCc2nc(-c3ccc(C)c(F)c3)no2)cc1. The molecule has 0 spiro atoms. The summed E-state index contributed by atoms with van der Waals surface area (Å²) in [4.78, 5) is 16.6. The monoisotopic (exact) mass is 447 g/mol. The van der Waals surface area contributed by atoms with Crippen LogP contribution >= 0.6 is 0 Å². The van der Waals surface area contributed by atoms with E-state index in [1.165, 1.54) is 6.07 Å². The Hall–Kier alpha value is -4.20. The number of halogens is 1. The number of ether oxygens (including phenoxy) is 2. The number of nitrogens with zero attached hydrogens (tertiary/aromatic N) is 2. The molecular weight excluding hydrogens is 425 g/mol. The van der Waals surface area contributed by atoms with E-state index in [2.05, 4.69) is 15.5 Å². The van der Waals surface area contributed by atoms with Crippen molar-refractivity contribution in [2.45, 2.75) is 19.8 Å². The number of hydrogen-bond acceptors (Lipinski definition) is 6. The molecule has 0 unspecified atom stereocenters. The van der Waals surface area contributed by atoms with Gasteiger partial charge in [-0.05, 0) is 55.0 Å². The van der Waals surface area contributed by atoms with E-state index >= 15 is 0 Å². The first-order valence-electron chi connectivity index (χ1n) is 10.3. The maximum Gasteiger partial charge on any atom is 0.227 e. The summed E-state index contributed by atoms with van der Waals surface area (Å²) in [6.07, 6.45) is 0.422. The predicted octanol–water partition coefficient (Wildman–Crippen LogP) is 5.56. The minimum absolute atomic E-state index is 0.156. The van der Waals surface area contributed by atoms with Gasteiger partial charge in [-0.3, -0.25) is 4.79 Å². The first-order valence-corrected chi connectivity index (χ1v) is 10.3. The highest BCUT2D eigenvalue weighted by Crippen LogP contribution is 2.31. The van der Waals surface area contributed by atoms with Crippen LogP contribution in [0.1, 0.15) is 17.9 Å². The summed E-state index contributed by atoms with van der Waals surface area (Å²) in [5.74, 6) is 1.91. The highest BCUT2D eigenvalue weighted by atomic mass is 19.1. The van der Waals surface area contributed by atoms with Crippen LogP contribution in [-0.2, 0) is 11.2 Å². The van der Waals surface area contributed by atoms with Crippen LogP contribution < -0.4 is 14.8 Å². The lowest BCUT2D eigenvalue weighted by Crippen LogP contribution is -2.12. The van der Waals surface area contributed by atoms with Gasteiger partial charge in [-0.1, -0.05) is 29.4 Å². The number of anilines is 1. The number of aromatic nitrogens is 2. The third-order valence-corrected chi connectivity index (χ3v) is 4.90. The maximum absolute atomic E-state index is 13.7. The molecule has 0 saturated carbocycles. The van der Waals surface area contributed by atoms with Crippen molar-refractivity contribution >= 4 is 11.6 Å². The molecule has 0 aliphatic heterocycles. The molecule has 168 valence electrons. The smallest absolute Gasteiger partial charge is 0.227 e. The van der Waals surface area contributed by atoms with E-state index in [0.717, 1.165) is 0 Å². The molecule has 33 heavy (non-hydrogen) atoms. The van der Waals surface area contributed by atoms with Crippen LogP contribution in [0.3, 0.4) is 0 Å². The van der Waals surface area contributed by atoms with E-state index in [1.54, 1.807) is 50.4 Å². The molecule has 0 aliphatic carbocycles. The van der Waals surface area contributed by atoms with Gasteiger partial charge in [0.2, 0.25) is 17.6 Å². The molecule has 8 heteroatoms. The number of hydrogen-bond donors (Lipinski definition) is 1. The fourth-order valence-corrected chi connectivity index (χ4v) is 3.09. The van der Waals surface area contributed by atoms with Gasteiger partial charge < -0.3 is 19.3 Å². The van der Waals surface area contributed by atoms with E-state index < -0.39 is 0 Å². The highest BCUT2D eigenvalue weighted by molar-refractivity contribution is 5.90. The van der Waals surface area contributed by atoms with Gasteiger partial charge in [-0.2, -0.15) is 4.98 Å². The Morgan fingerprint density at radius 3 is 2.55 bits per heavy atom. The second-order valence-electron chi connectivity index (χ2n) is 7.30. The largest absolute Gasteiger partial charge is 0.493 e. The van der Waals surface area contributed by atoms with E-state index in [9.17, 15) is 9.18 Å². The minimum atomic E-state index is -0.336. The fourth-order valence-electron chi connectivity index (χ4n) is 3.09. The highest BCUT2D eigenvalue weighted by Gasteiger charge is 2.12. The number of methoxy groups -OCH3 is 1. The molecule has 3 aromatic carbocycles. The van der Waals surface area contributed by atoms with E-state index in [1.807, 2.05) is 24.3 Å². The molecule has 0 saturated heterocycles. The predicted molar refractivity (Wildman–Crippen MR) is 121 cm³/mol. The van der Waals surface area contributed by atoms with Gasteiger partial charge in [-0.25, -0.2) is 4.39 Å². The molecule has 0 bridgehead atoms. The topological polar surface area (TPSA) is 86.5 Å². The van der Waals surface area contributed by atoms with Crippen molar-refractivity contribution in [3.05, 3.63) is 84.0 Å². The van der Waals surface area contributed by atoms with Crippen LogP contribution in [-0.4, -0.2) is 23.2 Å². The van der Waals surface area contributed by atoms with Crippen LogP contribution in [0.25, 0.3) is 11.4 Å². The number of benzene rings is 3. The van der Waals surface area contributed by atoms with Gasteiger partial charge in [0.15, 0.2) is 11.5 Å². The summed E-state index contributed by atoms with van der Waals surface area (Å²) in [5.41, 5.74) is 1.69. The molecule has 0 aliphatic rings. The summed E-state index contributed by atoms with van der Waals surface area (Å²) >= 11 is 0. The molecule has 1 heterocycles. The summed E-state index contributed by atoms with van der Waals surface area (Å²) in [6, 6.07) is 19.1. The normalized spacial score (nSPS) is 10.6. The van der Waals surface area contributed by atoms with Gasteiger partial charge in [0.05, 0.1) is 7.11 Å². The Bertz CT molecular complexity index is 1250. The summed E-state index contributed by atoms with van der Waals surface area (Å²) in [7, 11) is 1.58. The Kier molecular flexibility index (Phi) is 6.64. The van der Waals surface area contributed by atoms with Crippen molar-refractivity contribution in [1.29, 1.82) is 0 Å². The van der Waals surface area contributed by atoms with Crippen molar-refractivity contribution in [2.75, 3.05) is 12.4 Å². The van der Waals surface area contributed by atoms with Crippen molar-refractivity contribution in [1.82, 2.24) is 10.1 Å². The lowest BCUT2D eigenvalue weighted by molar-refractivity contribution is -0.116. The van der Waals surface area contributed by atoms with Gasteiger partial charge in [0.1, 0.15) is 11.6 Å². The van der Waals surface area contributed by atoms with Crippen LogP contribution in [0.2, 0.25) is 0 Å². The molecule has 4 aromatic rings. The van der Waals surface area contributed by atoms with Crippen LogP contribution in [0, 0.1) is 12.7 Å². The third-order valence-electron chi connectivity index (χ3n) is 4.90. The van der Waals surface area contributed by atoms with Gasteiger partial charge in [0, 0.05) is 24.1 Å². The lowest BCUT2D eigenvalue weighted by atomic mass is 10.1. The number of nitrogens with one attached hydrogen (secondary N) is 1. The number of aryl methyl sites for hydroxylation is 2. The van der Waals surface area contributed by atoms with Crippen LogP contribution in [0.15, 0.2) is 71.3 Å². The second kappa shape index (κ2) is 9.95. The van der Waals surface area contributed by atoms with E-state index in [-0.39, 0.29) is 30.4 Å². The molecule has 0 fully saturated rings. The second-order valence-corrected chi connectivity index (χ2v) is 7.30. The van der Waals surface area contributed by atoms with E-state index in [0.29, 0.717) is 40.0 Å². The van der Waals surface area contributed by atoms with Crippen LogP contribution in [0.4, 0.5) is 10.1 Å². The number of carbonyl (C=O) groups excluding carboxylic acids is 1. The molecule has 0 atom stereocenters. The maximum atomic E-state index is 13.7. The number of amides is 1. The summed E-state index contributed by atoms with van der Waals surface area (Å²) < 4.78 is 30.0. The van der Waals surface area contributed by atoms with Crippen molar-refractivity contribution in [3.8, 4) is 28.6 Å². The fraction of sp³-hybridized carbons (Fsp3) is 0.160. The quantitative estimate of drug-likeness (QED) is 0.381. The zero-order valence-corrected chi connectivity index (χ0v) is 18.2. The standard InChI is InChI=1S/C25H22FN3O4/c1-16-7-8-17(15-20(16)26)25-28-24(33-29-25)14-13-23(30)27-18-9-11-19(12-10-18)32-22-6-4-3-5-21(22)31-2/h3-12,15H,13-14H2,1-2H3,(H,27,30). The Morgan fingerprint density at radius 2 is 1.82 bits per heavy atom. The molecule has 1 amide bonds. The average Bonchev–Trinajstić information content (AvgIpc) is 3.30. The Morgan fingerprint density at radius 1 is 1.06 bits per heavy atom. The van der Waals surface area contributed by atoms with Gasteiger partial charge in [-0.15, -0.1) is 0 Å². The average molecular weight is 447 g/mol. The lowest BCUT2D eigenvalue weighted by Gasteiger charge is -2.10. The van der Waals surface area contributed by atoms with Crippen LogP contribution in [0.5, 0.6) is 17.2 Å². The first kappa shape index (κ1) is 22.0. The third kappa shape index (κ3) is 5.54. The zero-order chi connectivity index (χ0) is 23.2. The van der Waals surface area contributed by atoms with Crippen molar-refractivity contribution in [3.63, 3.8) is 0 Å². The van der Waals surface area contributed by atoms with Crippen molar-refractivity contribution in [2.24, 2.45) is 0 Å². The van der Waals surface area contributed by atoms with Crippen molar-refractivity contribution < 1.29 is 23.2 Å².